The molecule has 2 aliphatic heterocycles. The van der Waals surface area contributed by atoms with Crippen LogP contribution >= 0.6 is 0 Å². The van der Waals surface area contributed by atoms with Gasteiger partial charge in [0, 0.05) is 18.7 Å². The van der Waals surface area contributed by atoms with E-state index in [4.69, 9.17) is 4.74 Å². The monoisotopic (exact) mass is 204 g/mol. The van der Waals surface area contributed by atoms with E-state index in [0.29, 0.717) is 5.90 Å². The van der Waals surface area contributed by atoms with E-state index in [0.717, 1.165) is 18.7 Å². The summed E-state index contributed by atoms with van der Waals surface area (Å²) in [5.41, 5.74) is 0.933. The van der Waals surface area contributed by atoms with Gasteiger partial charge in [0.15, 0.2) is 0 Å². The largest absolute Gasteiger partial charge is 0.508 e. The van der Waals surface area contributed by atoms with Crippen LogP contribution in [0.15, 0.2) is 29.3 Å². The summed E-state index contributed by atoms with van der Waals surface area (Å²) in [5, 5.41) is 12.4. The van der Waals surface area contributed by atoms with Gasteiger partial charge in [0.1, 0.15) is 17.9 Å². The molecule has 2 N–H and O–H groups in total. The van der Waals surface area contributed by atoms with E-state index < -0.39 is 0 Å². The van der Waals surface area contributed by atoms with E-state index in [1.54, 1.807) is 12.1 Å². The van der Waals surface area contributed by atoms with Gasteiger partial charge in [0.2, 0.25) is 5.90 Å². The third-order valence-corrected chi connectivity index (χ3v) is 2.79. The Morgan fingerprint density at radius 1 is 1.27 bits per heavy atom. The van der Waals surface area contributed by atoms with Crippen molar-refractivity contribution in [2.75, 3.05) is 13.1 Å². The average molecular weight is 204 g/mol. The Morgan fingerprint density at radius 2 is 2.07 bits per heavy atom. The maximum Gasteiger partial charge on any atom is 0.216 e. The summed E-state index contributed by atoms with van der Waals surface area (Å²) in [6.07, 6.45) is 0.189. The molecule has 1 saturated heterocycles. The van der Waals surface area contributed by atoms with Gasteiger partial charge >= 0.3 is 0 Å². The third-order valence-electron chi connectivity index (χ3n) is 2.79. The van der Waals surface area contributed by atoms with E-state index in [1.807, 2.05) is 12.1 Å². The Kier molecular flexibility index (Phi) is 1.89. The molecule has 0 amide bonds. The molecule has 2 heterocycles. The van der Waals surface area contributed by atoms with Gasteiger partial charge < -0.3 is 15.2 Å². The molecular weight excluding hydrogens is 192 g/mol. The Bertz CT molecular complexity index is 400. The first kappa shape index (κ1) is 8.73. The molecule has 1 aromatic rings. The van der Waals surface area contributed by atoms with Gasteiger partial charge in [-0.3, -0.25) is 0 Å². The number of hydrogen-bond donors (Lipinski definition) is 2. The zero-order valence-electron chi connectivity index (χ0n) is 8.18. The zero-order chi connectivity index (χ0) is 10.3. The Morgan fingerprint density at radius 3 is 2.80 bits per heavy atom. The van der Waals surface area contributed by atoms with Crippen molar-refractivity contribution in [1.29, 1.82) is 0 Å². The van der Waals surface area contributed by atoms with Crippen LogP contribution in [0.1, 0.15) is 5.56 Å². The van der Waals surface area contributed by atoms with Crippen LogP contribution in [0.5, 0.6) is 5.75 Å². The molecule has 3 rings (SSSR count). The molecule has 78 valence electrons. The van der Waals surface area contributed by atoms with Gasteiger partial charge in [-0.2, -0.15) is 0 Å². The number of aliphatic imine (C=N–C) groups is 1. The summed E-state index contributed by atoms with van der Waals surface area (Å²) in [5.74, 6) is 0.964. The van der Waals surface area contributed by atoms with Crippen molar-refractivity contribution in [1.82, 2.24) is 5.32 Å². The predicted molar refractivity (Wildman–Crippen MR) is 56.2 cm³/mol. The number of benzene rings is 1. The van der Waals surface area contributed by atoms with Gasteiger partial charge in [-0.15, -0.1) is 0 Å². The van der Waals surface area contributed by atoms with Crippen LogP contribution in [0.25, 0.3) is 0 Å². The first-order chi connectivity index (χ1) is 7.33. The molecule has 1 aromatic carbocycles. The lowest BCUT2D eigenvalue weighted by molar-refractivity contribution is 0.225. The second kappa shape index (κ2) is 3.24. The number of nitrogens with zero attached hydrogens (tertiary/aromatic N) is 1. The number of phenols is 1. The lowest BCUT2D eigenvalue weighted by Crippen LogP contribution is -2.20. The Hall–Kier alpha value is -1.55. The van der Waals surface area contributed by atoms with Crippen molar-refractivity contribution in [3.63, 3.8) is 0 Å². The second-order valence-electron chi connectivity index (χ2n) is 3.86. The fourth-order valence-electron chi connectivity index (χ4n) is 1.96. The minimum Gasteiger partial charge on any atom is -0.508 e. The van der Waals surface area contributed by atoms with Crippen LogP contribution in [0.4, 0.5) is 0 Å². The Balaban J connectivity index is 1.87. The van der Waals surface area contributed by atoms with Crippen LogP contribution in [0.2, 0.25) is 0 Å². The van der Waals surface area contributed by atoms with Crippen LogP contribution in [0, 0.1) is 0 Å². The molecule has 4 heteroatoms. The summed E-state index contributed by atoms with van der Waals surface area (Å²) < 4.78 is 5.72. The van der Waals surface area contributed by atoms with Crippen molar-refractivity contribution in [3.05, 3.63) is 29.8 Å². The van der Waals surface area contributed by atoms with Crippen molar-refractivity contribution in [2.45, 2.75) is 12.1 Å². The third kappa shape index (κ3) is 1.47. The highest BCUT2D eigenvalue weighted by Crippen LogP contribution is 2.21. The first-order valence-corrected chi connectivity index (χ1v) is 5.07. The van der Waals surface area contributed by atoms with E-state index in [-0.39, 0.29) is 17.9 Å². The number of fused-ring (bicyclic) bond motifs is 1. The van der Waals surface area contributed by atoms with E-state index >= 15 is 0 Å². The lowest BCUT2D eigenvalue weighted by Gasteiger charge is -2.07. The number of aromatic hydroxyl groups is 1. The number of rotatable bonds is 1. The van der Waals surface area contributed by atoms with Crippen LogP contribution in [-0.4, -0.2) is 36.2 Å². The minimum atomic E-state index is 0.189. The van der Waals surface area contributed by atoms with Crippen LogP contribution < -0.4 is 5.32 Å². The molecule has 15 heavy (non-hydrogen) atoms. The fourth-order valence-corrected chi connectivity index (χ4v) is 1.96. The van der Waals surface area contributed by atoms with Crippen molar-refractivity contribution >= 4 is 5.90 Å². The summed E-state index contributed by atoms with van der Waals surface area (Å²) in [7, 11) is 0. The quantitative estimate of drug-likeness (QED) is 0.700. The minimum absolute atomic E-state index is 0.189. The molecular formula is C11H12N2O2. The predicted octanol–water partition coefficient (Wildman–Crippen LogP) is 0.509. The highest BCUT2D eigenvalue weighted by atomic mass is 16.5. The standard InChI is InChI=1S/C11H12N2O2/c14-8-3-1-7(2-4-8)11-13-9-5-12-6-10(9)15-11/h1-4,9-10,12,14H,5-6H2. The van der Waals surface area contributed by atoms with Crippen LogP contribution in [-0.2, 0) is 4.74 Å². The average Bonchev–Trinajstić information content (AvgIpc) is 2.78. The van der Waals surface area contributed by atoms with Crippen molar-refractivity contribution in [2.24, 2.45) is 4.99 Å². The lowest BCUT2D eigenvalue weighted by atomic mass is 10.2. The van der Waals surface area contributed by atoms with Gasteiger partial charge in [-0.05, 0) is 24.3 Å². The van der Waals surface area contributed by atoms with E-state index in [1.165, 1.54) is 0 Å². The number of nitrogens with one attached hydrogen (secondary N) is 1. The number of hydrogen-bond acceptors (Lipinski definition) is 4. The second-order valence-corrected chi connectivity index (χ2v) is 3.86. The van der Waals surface area contributed by atoms with E-state index in [2.05, 4.69) is 10.3 Å². The number of ether oxygens (including phenoxy) is 1. The molecule has 1 fully saturated rings. The highest BCUT2D eigenvalue weighted by Gasteiger charge is 2.35. The molecule has 0 spiro atoms. The van der Waals surface area contributed by atoms with Crippen molar-refractivity contribution < 1.29 is 9.84 Å². The maximum atomic E-state index is 9.17. The molecule has 0 saturated carbocycles. The summed E-state index contributed by atoms with van der Waals surface area (Å²) >= 11 is 0. The zero-order valence-corrected chi connectivity index (χ0v) is 8.18. The van der Waals surface area contributed by atoms with Crippen LogP contribution in [0.3, 0.4) is 0 Å². The SMILES string of the molecule is Oc1ccc(C2=NC3CNCC3O2)cc1. The molecule has 2 aliphatic rings. The molecule has 2 atom stereocenters. The smallest absolute Gasteiger partial charge is 0.216 e. The fraction of sp³-hybridized carbons (Fsp3) is 0.364. The summed E-state index contributed by atoms with van der Waals surface area (Å²) in [6, 6.07) is 7.20. The van der Waals surface area contributed by atoms with Gasteiger partial charge in [-0.1, -0.05) is 0 Å². The highest BCUT2D eigenvalue weighted by molar-refractivity contribution is 5.95. The maximum absolute atomic E-state index is 9.17. The summed E-state index contributed by atoms with van der Waals surface area (Å²) in [6.45, 7) is 1.77. The Labute approximate surface area is 87.6 Å². The summed E-state index contributed by atoms with van der Waals surface area (Å²) in [4.78, 5) is 4.50. The number of phenolic OH excluding ortho intramolecular Hbond substituents is 1. The molecule has 0 bridgehead atoms. The van der Waals surface area contributed by atoms with Crippen molar-refractivity contribution in [3.8, 4) is 5.75 Å². The van der Waals surface area contributed by atoms with Gasteiger partial charge in [0.25, 0.3) is 0 Å². The normalized spacial score (nSPS) is 28.4. The molecule has 0 aromatic heterocycles. The molecule has 0 radical (unpaired) electrons. The molecule has 2 unspecified atom stereocenters. The molecule has 4 nitrogen and oxygen atoms in total. The first-order valence-electron chi connectivity index (χ1n) is 5.07. The van der Waals surface area contributed by atoms with Gasteiger partial charge in [-0.25, -0.2) is 4.99 Å². The van der Waals surface area contributed by atoms with Gasteiger partial charge in [0.05, 0.1) is 0 Å². The van der Waals surface area contributed by atoms with E-state index in [9.17, 15) is 5.11 Å². The molecule has 0 aliphatic carbocycles. The topological polar surface area (TPSA) is 53.9 Å².